The van der Waals surface area contributed by atoms with Crippen LogP contribution in [0.5, 0.6) is 0 Å². The predicted octanol–water partition coefficient (Wildman–Crippen LogP) is 23.0. The Kier molecular flexibility index (Phi) is 67.1. The summed E-state index contributed by atoms with van der Waals surface area (Å²) in [7, 11) is -9.91. The zero-order chi connectivity index (χ0) is 71.6. The third-order valence-electron chi connectivity index (χ3n) is 18.9. The van der Waals surface area contributed by atoms with Crippen LogP contribution >= 0.6 is 15.6 Å². The topological polar surface area (TPSA) is 237 Å². The van der Waals surface area contributed by atoms with Gasteiger partial charge in [-0.1, -0.05) is 350 Å². The first-order chi connectivity index (χ1) is 46.8. The van der Waals surface area contributed by atoms with E-state index in [1.807, 2.05) is 0 Å². The van der Waals surface area contributed by atoms with Crippen LogP contribution in [-0.2, 0) is 65.4 Å². The fraction of sp³-hybridized carbons (Fsp3) is 0.949. The molecule has 0 bridgehead atoms. The minimum atomic E-state index is -4.96. The Morgan fingerprint density at radius 3 is 0.784 bits per heavy atom. The molecule has 19 heteroatoms. The number of phosphoric ester groups is 2. The minimum absolute atomic E-state index is 0.104. The maximum atomic E-state index is 13.1. The summed E-state index contributed by atoms with van der Waals surface area (Å²) in [6, 6.07) is 0. The molecule has 97 heavy (non-hydrogen) atoms. The van der Waals surface area contributed by atoms with Gasteiger partial charge in [-0.05, 0) is 43.4 Å². The molecule has 0 saturated heterocycles. The van der Waals surface area contributed by atoms with Crippen molar-refractivity contribution in [3.05, 3.63) is 0 Å². The molecule has 0 radical (unpaired) electrons. The number of rotatable bonds is 76. The van der Waals surface area contributed by atoms with Gasteiger partial charge in [0.25, 0.3) is 0 Å². The molecule has 0 saturated carbocycles. The zero-order valence-corrected chi connectivity index (χ0v) is 65.3. The van der Waals surface area contributed by atoms with Crippen LogP contribution in [0.1, 0.15) is 402 Å². The summed E-state index contributed by atoms with van der Waals surface area (Å²) in [6.45, 7) is 11.8. The Labute approximate surface area is 594 Å². The quantitative estimate of drug-likeness (QED) is 0.0222. The molecule has 576 valence electrons. The lowest BCUT2D eigenvalue weighted by Gasteiger charge is -2.21. The van der Waals surface area contributed by atoms with Gasteiger partial charge in [0, 0.05) is 25.7 Å². The SMILES string of the molecule is CCCCCCCCCCCCCCCCCCCCCCCCC(=O)O[C@H](COC(=O)CCCCCCCCCCCCC(C)CC)COP(=O)(O)OC[C@@H](O)COP(=O)(O)OC[C@@H](COC(=O)CCCCCCCCC(C)CC)OC(=O)CCCCCCCCCCC(C)C. The second-order valence-corrected chi connectivity index (χ2v) is 32.0. The largest absolute Gasteiger partial charge is 0.472 e. The van der Waals surface area contributed by atoms with Gasteiger partial charge < -0.3 is 33.8 Å². The number of hydrogen-bond donors (Lipinski definition) is 3. The van der Waals surface area contributed by atoms with Crippen LogP contribution in [0.25, 0.3) is 0 Å². The lowest BCUT2D eigenvalue weighted by Crippen LogP contribution is -2.30. The van der Waals surface area contributed by atoms with Gasteiger partial charge in [-0.25, -0.2) is 9.13 Å². The Bertz CT molecular complexity index is 1890. The lowest BCUT2D eigenvalue weighted by molar-refractivity contribution is -0.161. The van der Waals surface area contributed by atoms with E-state index in [9.17, 15) is 43.2 Å². The van der Waals surface area contributed by atoms with Gasteiger partial charge in [0.2, 0.25) is 0 Å². The zero-order valence-electron chi connectivity index (χ0n) is 63.5. The van der Waals surface area contributed by atoms with Crippen molar-refractivity contribution in [1.29, 1.82) is 0 Å². The summed E-state index contributed by atoms with van der Waals surface area (Å²) < 4.78 is 68.5. The molecule has 7 atom stereocenters. The van der Waals surface area contributed by atoms with E-state index in [1.165, 1.54) is 205 Å². The average Bonchev–Trinajstić information content (AvgIpc) is 1.27. The predicted molar refractivity (Wildman–Crippen MR) is 395 cm³/mol. The number of ether oxygens (including phenoxy) is 4. The molecule has 0 amide bonds. The average molecular weight is 1420 g/mol. The van der Waals surface area contributed by atoms with Crippen molar-refractivity contribution in [2.75, 3.05) is 39.6 Å². The van der Waals surface area contributed by atoms with Crippen LogP contribution in [0.15, 0.2) is 0 Å². The second-order valence-electron chi connectivity index (χ2n) is 29.1. The Hall–Kier alpha value is -1.94. The monoisotopic (exact) mass is 1420 g/mol. The minimum Gasteiger partial charge on any atom is -0.462 e. The van der Waals surface area contributed by atoms with Crippen molar-refractivity contribution in [3.8, 4) is 0 Å². The molecule has 17 nitrogen and oxygen atoms in total. The van der Waals surface area contributed by atoms with E-state index in [2.05, 4.69) is 48.5 Å². The summed E-state index contributed by atoms with van der Waals surface area (Å²) in [4.78, 5) is 72.8. The van der Waals surface area contributed by atoms with E-state index >= 15 is 0 Å². The van der Waals surface area contributed by atoms with E-state index in [1.54, 1.807) is 0 Å². The van der Waals surface area contributed by atoms with Gasteiger partial charge in [0.1, 0.15) is 19.3 Å². The molecule has 0 fully saturated rings. The van der Waals surface area contributed by atoms with E-state index < -0.39 is 97.5 Å². The molecule has 0 aromatic heterocycles. The van der Waals surface area contributed by atoms with Crippen molar-refractivity contribution in [3.63, 3.8) is 0 Å². The standard InChI is InChI=1S/C78H152O17P2/c1-8-11-12-13-14-15-16-17-18-19-20-21-22-23-24-25-26-27-32-38-47-54-61-77(82)94-73(65-88-75(80)59-52-45-37-31-29-28-30-36-43-50-57-70(6)9-2)67-92-96(84,85)90-63-72(79)64-91-97(86,87)93-68-74(66-89-76(81)60-53-46-41-40-44-51-58-71(7)10-3)95-78(83)62-55-48-39-34-33-35-42-49-56-69(4)5/h69-74,79H,8-68H2,1-7H3,(H,84,85)(H,86,87)/t70?,71?,72-,73-,74-/m1/s1. The number of phosphoric acid groups is 2. The van der Waals surface area contributed by atoms with Gasteiger partial charge >= 0.3 is 39.5 Å². The third-order valence-corrected chi connectivity index (χ3v) is 20.8. The third kappa shape index (κ3) is 69.5. The first-order valence-corrected chi connectivity index (χ1v) is 43.4. The van der Waals surface area contributed by atoms with Crippen LogP contribution in [-0.4, -0.2) is 96.7 Å². The highest BCUT2D eigenvalue weighted by atomic mass is 31.2. The van der Waals surface area contributed by atoms with Gasteiger partial charge in [0.15, 0.2) is 12.2 Å². The van der Waals surface area contributed by atoms with Crippen molar-refractivity contribution in [2.24, 2.45) is 17.8 Å². The molecule has 0 spiro atoms. The highest BCUT2D eigenvalue weighted by molar-refractivity contribution is 7.47. The van der Waals surface area contributed by atoms with Crippen molar-refractivity contribution >= 4 is 39.5 Å². The summed E-state index contributed by atoms with van der Waals surface area (Å²) >= 11 is 0. The molecule has 0 heterocycles. The van der Waals surface area contributed by atoms with Crippen molar-refractivity contribution in [2.45, 2.75) is 420 Å². The number of carbonyl (C=O) groups excluding carboxylic acids is 4. The first-order valence-electron chi connectivity index (χ1n) is 40.4. The van der Waals surface area contributed by atoms with E-state index in [0.29, 0.717) is 25.7 Å². The normalized spacial score (nSPS) is 14.6. The lowest BCUT2D eigenvalue weighted by atomic mass is 9.99. The number of aliphatic hydroxyl groups excluding tert-OH is 1. The van der Waals surface area contributed by atoms with Crippen LogP contribution in [0.3, 0.4) is 0 Å². The maximum Gasteiger partial charge on any atom is 0.472 e. The number of unbranched alkanes of at least 4 members (excludes halogenated alkanes) is 42. The molecule has 0 aliphatic rings. The Morgan fingerprint density at radius 2 is 0.526 bits per heavy atom. The van der Waals surface area contributed by atoms with Gasteiger partial charge in [-0.2, -0.15) is 0 Å². The summed E-state index contributed by atoms with van der Waals surface area (Å²) in [5.41, 5.74) is 0. The van der Waals surface area contributed by atoms with Gasteiger partial charge in [-0.3, -0.25) is 37.3 Å². The summed E-state index contributed by atoms with van der Waals surface area (Å²) in [5.74, 6) is 0.138. The smallest absolute Gasteiger partial charge is 0.462 e. The highest BCUT2D eigenvalue weighted by Gasteiger charge is 2.30. The Balaban J connectivity index is 5.20. The van der Waals surface area contributed by atoms with Crippen molar-refractivity contribution in [1.82, 2.24) is 0 Å². The maximum absolute atomic E-state index is 13.1. The molecule has 0 aromatic rings. The molecule has 4 unspecified atom stereocenters. The Morgan fingerprint density at radius 1 is 0.299 bits per heavy atom. The fourth-order valence-electron chi connectivity index (χ4n) is 11.9. The molecular formula is C78H152O17P2. The highest BCUT2D eigenvalue weighted by Crippen LogP contribution is 2.45. The second kappa shape index (κ2) is 68.5. The van der Waals surface area contributed by atoms with Crippen LogP contribution < -0.4 is 0 Å². The summed E-state index contributed by atoms with van der Waals surface area (Å²) in [5, 5.41) is 10.6. The van der Waals surface area contributed by atoms with E-state index in [0.717, 1.165) is 114 Å². The summed E-state index contributed by atoms with van der Waals surface area (Å²) in [6.07, 6.45) is 55.7. The van der Waals surface area contributed by atoms with E-state index in [-0.39, 0.29) is 25.7 Å². The molecule has 0 aliphatic carbocycles. The van der Waals surface area contributed by atoms with Gasteiger partial charge in [-0.15, -0.1) is 0 Å². The van der Waals surface area contributed by atoms with Crippen LogP contribution in [0.4, 0.5) is 0 Å². The molecule has 0 aromatic carbocycles. The van der Waals surface area contributed by atoms with Crippen molar-refractivity contribution < 1.29 is 80.2 Å². The van der Waals surface area contributed by atoms with E-state index in [4.69, 9.17) is 37.0 Å². The number of carbonyl (C=O) groups is 4. The molecular weight excluding hydrogens is 1270 g/mol. The van der Waals surface area contributed by atoms with Gasteiger partial charge in [0.05, 0.1) is 26.4 Å². The number of esters is 4. The molecule has 0 rings (SSSR count). The molecule has 0 aliphatic heterocycles. The fourth-order valence-corrected chi connectivity index (χ4v) is 13.5. The number of aliphatic hydroxyl groups is 1. The van der Waals surface area contributed by atoms with Crippen LogP contribution in [0, 0.1) is 17.8 Å². The molecule has 3 N–H and O–H groups in total. The first kappa shape index (κ1) is 95.1. The number of hydrogen-bond acceptors (Lipinski definition) is 15. The van der Waals surface area contributed by atoms with Crippen LogP contribution in [0.2, 0.25) is 0 Å².